The molecule has 0 spiro atoms. The van der Waals surface area contributed by atoms with Gasteiger partial charge in [-0.3, -0.25) is 0 Å². The molecule has 4 nitrogen and oxygen atoms in total. The predicted molar refractivity (Wildman–Crippen MR) is 42.8 cm³/mol. The molecule has 0 aromatic rings. The lowest BCUT2D eigenvalue weighted by Gasteiger charge is -2.13. The summed E-state index contributed by atoms with van der Waals surface area (Å²) in [5, 5.41) is 8.73. The van der Waals surface area contributed by atoms with Crippen LogP contribution in [0.1, 0.15) is 13.8 Å². The quantitative estimate of drug-likeness (QED) is 0.462. The maximum atomic E-state index is 8.73. The zero-order chi connectivity index (χ0) is 8.97. The van der Waals surface area contributed by atoms with Gasteiger partial charge in [-0.05, 0) is 13.8 Å². The second-order valence-electron chi connectivity index (χ2n) is 2.60. The normalized spacial score (nSPS) is 28.0. The van der Waals surface area contributed by atoms with Gasteiger partial charge in [0.25, 0.3) is 0 Å². The van der Waals surface area contributed by atoms with E-state index in [1.165, 1.54) is 0 Å². The van der Waals surface area contributed by atoms with Crippen LogP contribution in [0, 0.1) is 0 Å². The molecule has 0 aromatic carbocycles. The second-order valence-corrected chi connectivity index (χ2v) is 2.60. The van der Waals surface area contributed by atoms with Gasteiger partial charge in [0.05, 0.1) is 6.61 Å². The summed E-state index contributed by atoms with van der Waals surface area (Å²) < 4.78 is 15.7. The third kappa shape index (κ3) is 2.42. The van der Waals surface area contributed by atoms with E-state index < -0.39 is 0 Å². The first kappa shape index (κ1) is 9.92. The predicted octanol–water partition coefficient (Wildman–Crippen LogP) is 0.145. The first-order valence-electron chi connectivity index (χ1n) is 4.33. The van der Waals surface area contributed by atoms with Crippen molar-refractivity contribution in [3.8, 4) is 0 Å². The van der Waals surface area contributed by atoms with Crippen LogP contribution in [-0.4, -0.2) is 43.4 Å². The molecule has 2 atom stereocenters. The molecule has 1 rings (SSSR count). The summed E-state index contributed by atoms with van der Waals surface area (Å²) in [6.07, 6.45) is -0.472. The molecule has 1 aliphatic rings. The minimum Gasteiger partial charge on any atom is -0.394 e. The Morgan fingerprint density at radius 1 is 1.33 bits per heavy atom. The summed E-state index contributed by atoms with van der Waals surface area (Å²) in [6, 6.07) is 0. The van der Waals surface area contributed by atoms with E-state index in [2.05, 4.69) is 0 Å². The van der Waals surface area contributed by atoms with Crippen LogP contribution in [0.2, 0.25) is 0 Å². The van der Waals surface area contributed by atoms with E-state index in [1.54, 1.807) is 0 Å². The highest BCUT2D eigenvalue weighted by Gasteiger charge is 2.45. The Hall–Kier alpha value is -0.160. The molecule has 0 aromatic heterocycles. The fraction of sp³-hybridized carbons (Fsp3) is 1.00. The van der Waals surface area contributed by atoms with Gasteiger partial charge in [0.2, 0.25) is 0 Å². The second kappa shape index (κ2) is 4.77. The number of hydrogen-bond acceptors (Lipinski definition) is 4. The minimum atomic E-state index is -0.308. The number of epoxide rings is 1. The SMILES string of the molecule is CCOC(OCC)C1OC1CO. The standard InChI is InChI=1S/C8H16O4/c1-3-10-8(11-4-2)7-6(5-9)12-7/h6-9H,3-5H2,1-2H3. The fourth-order valence-corrected chi connectivity index (χ4v) is 1.11. The number of rotatable bonds is 6. The Morgan fingerprint density at radius 2 is 1.92 bits per heavy atom. The van der Waals surface area contributed by atoms with E-state index in [-0.39, 0.29) is 25.1 Å². The van der Waals surface area contributed by atoms with E-state index in [1.807, 2.05) is 13.8 Å². The van der Waals surface area contributed by atoms with Crippen LogP contribution in [0.25, 0.3) is 0 Å². The van der Waals surface area contributed by atoms with Crippen LogP contribution in [0.5, 0.6) is 0 Å². The van der Waals surface area contributed by atoms with E-state index >= 15 is 0 Å². The largest absolute Gasteiger partial charge is 0.394 e. The van der Waals surface area contributed by atoms with E-state index in [0.29, 0.717) is 13.2 Å². The van der Waals surface area contributed by atoms with E-state index in [4.69, 9.17) is 19.3 Å². The summed E-state index contributed by atoms with van der Waals surface area (Å²) in [5.41, 5.74) is 0. The Morgan fingerprint density at radius 3 is 2.25 bits per heavy atom. The number of aliphatic hydroxyl groups is 1. The molecular formula is C8H16O4. The monoisotopic (exact) mass is 176 g/mol. The van der Waals surface area contributed by atoms with Crippen molar-refractivity contribution >= 4 is 0 Å². The maximum Gasteiger partial charge on any atom is 0.186 e. The first-order chi connectivity index (χ1) is 5.83. The summed E-state index contributed by atoms with van der Waals surface area (Å²) in [5.74, 6) is 0. The average molecular weight is 176 g/mol. The molecule has 72 valence electrons. The molecule has 4 heteroatoms. The molecule has 1 N–H and O–H groups in total. The Bertz CT molecular complexity index is 122. The number of ether oxygens (including phenoxy) is 3. The lowest BCUT2D eigenvalue weighted by atomic mass is 10.3. The minimum absolute atomic E-state index is 0.0430. The van der Waals surface area contributed by atoms with Gasteiger partial charge in [0.1, 0.15) is 12.2 Å². The van der Waals surface area contributed by atoms with Gasteiger partial charge in [-0.2, -0.15) is 0 Å². The van der Waals surface area contributed by atoms with Gasteiger partial charge in [-0.15, -0.1) is 0 Å². The highest BCUT2D eigenvalue weighted by atomic mass is 16.7. The van der Waals surface area contributed by atoms with E-state index in [9.17, 15) is 0 Å². The molecule has 1 aliphatic heterocycles. The number of aliphatic hydroxyl groups excluding tert-OH is 1. The summed E-state index contributed by atoms with van der Waals surface area (Å²) in [6.45, 7) is 5.05. The maximum absolute atomic E-state index is 8.73. The van der Waals surface area contributed by atoms with Crippen molar-refractivity contribution < 1.29 is 19.3 Å². The van der Waals surface area contributed by atoms with Crippen LogP contribution >= 0.6 is 0 Å². The van der Waals surface area contributed by atoms with Crippen LogP contribution in [0.4, 0.5) is 0 Å². The molecule has 1 fully saturated rings. The summed E-state index contributed by atoms with van der Waals surface area (Å²) in [7, 11) is 0. The van der Waals surface area contributed by atoms with Gasteiger partial charge >= 0.3 is 0 Å². The van der Waals surface area contributed by atoms with Crippen molar-refractivity contribution in [3.63, 3.8) is 0 Å². The molecule has 1 saturated heterocycles. The smallest absolute Gasteiger partial charge is 0.186 e. The van der Waals surface area contributed by atoms with Crippen LogP contribution < -0.4 is 0 Å². The van der Waals surface area contributed by atoms with Crippen LogP contribution in [0.3, 0.4) is 0 Å². The average Bonchev–Trinajstić information content (AvgIpc) is 2.83. The molecule has 1 heterocycles. The molecule has 0 radical (unpaired) electrons. The summed E-state index contributed by atoms with van der Waals surface area (Å²) in [4.78, 5) is 0. The first-order valence-corrected chi connectivity index (χ1v) is 4.33. The fourth-order valence-electron chi connectivity index (χ4n) is 1.11. The van der Waals surface area contributed by atoms with Gasteiger partial charge < -0.3 is 19.3 Å². The molecule has 0 amide bonds. The Labute approximate surface area is 72.4 Å². The van der Waals surface area contributed by atoms with E-state index in [0.717, 1.165) is 0 Å². The van der Waals surface area contributed by atoms with Gasteiger partial charge in [-0.25, -0.2) is 0 Å². The van der Waals surface area contributed by atoms with Crippen molar-refractivity contribution in [3.05, 3.63) is 0 Å². The van der Waals surface area contributed by atoms with Crippen molar-refractivity contribution in [2.45, 2.75) is 32.3 Å². The highest BCUT2D eigenvalue weighted by Crippen LogP contribution is 2.27. The molecule has 0 bridgehead atoms. The van der Waals surface area contributed by atoms with Crippen molar-refractivity contribution in [2.24, 2.45) is 0 Å². The van der Waals surface area contributed by atoms with Gasteiger partial charge in [-0.1, -0.05) is 0 Å². The third-order valence-electron chi connectivity index (χ3n) is 1.73. The molecule has 12 heavy (non-hydrogen) atoms. The number of hydrogen-bond donors (Lipinski definition) is 1. The molecule has 0 saturated carbocycles. The third-order valence-corrected chi connectivity index (χ3v) is 1.73. The van der Waals surface area contributed by atoms with Crippen molar-refractivity contribution in [2.75, 3.05) is 19.8 Å². The Kier molecular flexibility index (Phi) is 3.94. The lowest BCUT2D eigenvalue weighted by Crippen LogP contribution is -2.25. The molecule has 2 unspecified atom stereocenters. The Balaban J connectivity index is 2.24. The van der Waals surface area contributed by atoms with Crippen molar-refractivity contribution in [1.82, 2.24) is 0 Å². The topological polar surface area (TPSA) is 51.2 Å². The zero-order valence-corrected chi connectivity index (χ0v) is 7.53. The zero-order valence-electron chi connectivity index (χ0n) is 7.53. The highest BCUT2D eigenvalue weighted by molar-refractivity contribution is 4.87. The van der Waals surface area contributed by atoms with Gasteiger partial charge in [0, 0.05) is 13.2 Å². The molecule has 0 aliphatic carbocycles. The lowest BCUT2D eigenvalue weighted by molar-refractivity contribution is -0.147. The molecular weight excluding hydrogens is 160 g/mol. The van der Waals surface area contributed by atoms with Crippen LogP contribution in [0.15, 0.2) is 0 Å². The van der Waals surface area contributed by atoms with Crippen molar-refractivity contribution in [1.29, 1.82) is 0 Å². The van der Waals surface area contributed by atoms with Gasteiger partial charge in [0.15, 0.2) is 6.29 Å². The van der Waals surface area contributed by atoms with Crippen LogP contribution in [-0.2, 0) is 14.2 Å². The summed E-state index contributed by atoms with van der Waals surface area (Å²) >= 11 is 0.